The molecule has 4 heteroatoms. The zero-order valence-corrected chi connectivity index (χ0v) is 5.06. The van der Waals surface area contributed by atoms with Gasteiger partial charge in [-0.05, 0) is 12.2 Å². The molecule has 4 nitrogen and oxygen atoms in total. The molecule has 0 saturated heterocycles. The lowest BCUT2D eigenvalue weighted by atomic mass is 10.5. The summed E-state index contributed by atoms with van der Waals surface area (Å²) in [6, 6.07) is 0. The van der Waals surface area contributed by atoms with Gasteiger partial charge >= 0.3 is 0 Å². The van der Waals surface area contributed by atoms with Crippen LogP contribution < -0.4 is 0 Å². The van der Waals surface area contributed by atoms with Crippen molar-refractivity contribution in [3.63, 3.8) is 0 Å². The Balaban J connectivity index is 3.43. The second kappa shape index (κ2) is 4.46. The highest BCUT2D eigenvalue weighted by atomic mass is 16.6. The standard InChI is InChI=1S/C5H10O4/c1-9-5(8)3-2-4(6)7/h2-8H,1H3/b3-2+. The molecule has 0 aliphatic carbocycles. The smallest absolute Gasteiger partial charge is 0.173 e. The molecule has 0 fully saturated rings. The molecule has 0 aromatic carbocycles. The SMILES string of the molecule is COC(O)/C=C/C(O)O. The lowest BCUT2D eigenvalue weighted by Crippen LogP contribution is -2.06. The van der Waals surface area contributed by atoms with Crippen LogP contribution in [0.4, 0.5) is 0 Å². The second-order valence-electron chi connectivity index (χ2n) is 1.42. The Kier molecular flexibility index (Phi) is 4.25. The average molecular weight is 134 g/mol. The summed E-state index contributed by atoms with van der Waals surface area (Å²) in [6.45, 7) is 0. The van der Waals surface area contributed by atoms with E-state index in [1.54, 1.807) is 0 Å². The molecule has 0 radical (unpaired) electrons. The van der Waals surface area contributed by atoms with Gasteiger partial charge in [0.05, 0.1) is 0 Å². The number of ether oxygens (including phenoxy) is 1. The fourth-order valence-corrected chi connectivity index (χ4v) is 0.273. The number of hydrogen-bond donors (Lipinski definition) is 3. The first-order chi connectivity index (χ1) is 4.16. The van der Waals surface area contributed by atoms with E-state index in [0.29, 0.717) is 0 Å². The van der Waals surface area contributed by atoms with E-state index in [9.17, 15) is 0 Å². The van der Waals surface area contributed by atoms with E-state index in [0.717, 1.165) is 12.2 Å². The van der Waals surface area contributed by atoms with Gasteiger partial charge in [0.2, 0.25) is 0 Å². The topological polar surface area (TPSA) is 69.9 Å². The van der Waals surface area contributed by atoms with Crippen LogP contribution in [0.5, 0.6) is 0 Å². The fourth-order valence-electron chi connectivity index (χ4n) is 0.273. The Morgan fingerprint density at radius 3 is 2.11 bits per heavy atom. The first-order valence-corrected chi connectivity index (χ1v) is 2.42. The third-order valence-electron chi connectivity index (χ3n) is 0.689. The zero-order chi connectivity index (χ0) is 7.28. The lowest BCUT2D eigenvalue weighted by molar-refractivity contribution is -0.0403. The summed E-state index contributed by atoms with van der Waals surface area (Å²) in [5.41, 5.74) is 0. The van der Waals surface area contributed by atoms with Crippen molar-refractivity contribution in [2.75, 3.05) is 7.11 Å². The van der Waals surface area contributed by atoms with Crippen LogP contribution in [0.1, 0.15) is 0 Å². The molecule has 0 aliphatic heterocycles. The van der Waals surface area contributed by atoms with E-state index in [-0.39, 0.29) is 0 Å². The molecule has 0 saturated carbocycles. The zero-order valence-electron chi connectivity index (χ0n) is 5.06. The van der Waals surface area contributed by atoms with Gasteiger partial charge in [0.15, 0.2) is 12.6 Å². The second-order valence-corrected chi connectivity index (χ2v) is 1.42. The summed E-state index contributed by atoms with van der Waals surface area (Å²) >= 11 is 0. The van der Waals surface area contributed by atoms with Crippen LogP contribution in [0.25, 0.3) is 0 Å². The van der Waals surface area contributed by atoms with Crippen molar-refractivity contribution in [2.24, 2.45) is 0 Å². The van der Waals surface area contributed by atoms with E-state index in [1.807, 2.05) is 0 Å². The van der Waals surface area contributed by atoms with Crippen molar-refractivity contribution >= 4 is 0 Å². The minimum Gasteiger partial charge on any atom is -0.365 e. The molecule has 9 heavy (non-hydrogen) atoms. The number of rotatable bonds is 3. The van der Waals surface area contributed by atoms with Crippen LogP contribution >= 0.6 is 0 Å². The number of aliphatic hydroxyl groups is 3. The maximum Gasteiger partial charge on any atom is 0.173 e. The van der Waals surface area contributed by atoms with Gasteiger partial charge in [0.1, 0.15) is 0 Å². The van der Waals surface area contributed by atoms with Gasteiger partial charge in [-0.2, -0.15) is 0 Å². The third-order valence-corrected chi connectivity index (χ3v) is 0.689. The molecule has 3 N–H and O–H groups in total. The van der Waals surface area contributed by atoms with Gasteiger partial charge < -0.3 is 20.1 Å². The lowest BCUT2D eigenvalue weighted by Gasteiger charge is -2.00. The van der Waals surface area contributed by atoms with Crippen LogP contribution in [-0.2, 0) is 4.74 Å². The van der Waals surface area contributed by atoms with E-state index in [4.69, 9.17) is 15.3 Å². The highest BCUT2D eigenvalue weighted by Crippen LogP contribution is 1.87. The Bertz CT molecular complexity index is 89.0. The van der Waals surface area contributed by atoms with Crippen molar-refractivity contribution in [2.45, 2.75) is 12.6 Å². The third kappa shape index (κ3) is 5.45. The molecule has 1 atom stereocenters. The summed E-state index contributed by atoms with van der Waals surface area (Å²) < 4.78 is 4.35. The van der Waals surface area contributed by atoms with Crippen LogP contribution in [-0.4, -0.2) is 35.0 Å². The van der Waals surface area contributed by atoms with Crippen LogP contribution in [0.15, 0.2) is 12.2 Å². The first-order valence-electron chi connectivity index (χ1n) is 2.42. The minimum atomic E-state index is -1.53. The van der Waals surface area contributed by atoms with Crippen molar-refractivity contribution < 1.29 is 20.1 Å². The molecule has 0 spiro atoms. The highest BCUT2D eigenvalue weighted by Gasteiger charge is 1.93. The van der Waals surface area contributed by atoms with Gasteiger partial charge in [0.25, 0.3) is 0 Å². The maximum atomic E-state index is 8.58. The van der Waals surface area contributed by atoms with E-state index in [2.05, 4.69) is 4.74 Å². The predicted octanol–water partition coefficient (Wildman–Crippen LogP) is -1.18. The summed E-state index contributed by atoms with van der Waals surface area (Å²) in [6.07, 6.45) is -0.458. The maximum absolute atomic E-state index is 8.58. The Morgan fingerprint density at radius 2 is 1.78 bits per heavy atom. The molecule has 0 aromatic rings. The minimum absolute atomic E-state index is 1.01. The van der Waals surface area contributed by atoms with Gasteiger partial charge in [-0.15, -0.1) is 0 Å². The van der Waals surface area contributed by atoms with Gasteiger partial charge in [-0.25, -0.2) is 0 Å². The van der Waals surface area contributed by atoms with Gasteiger partial charge in [0, 0.05) is 7.11 Å². The number of hydrogen-bond acceptors (Lipinski definition) is 4. The molecular weight excluding hydrogens is 124 g/mol. The monoisotopic (exact) mass is 134 g/mol. The van der Waals surface area contributed by atoms with Crippen molar-refractivity contribution in [3.05, 3.63) is 12.2 Å². The van der Waals surface area contributed by atoms with E-state index >= 15 is 0 Å². The van der Waals surface area contributed by atoms with Crippen LogP contribution in [0, 0.1) is 0 Å². The first kappa shape index (κ1) is 8.58. The molecule has 0 aliphatic rings. The van der Waals surface area contributed by atoms with Crippen molar-refractivity contribution in [1.82, 2.24) is 0 Å². The Morgan fingerprint density at radius 1 is 1.22 bits per heavy atom. The summed E-state index contributed by atoms with van der Waals surface area (Å²) in [5.74, 6) is 0. The summed E-state index contributed by atoms with van der Waals surface area (Å²) in [4.78, 5) is 0. The molecule has 0 aromatic heterocycles. The van der Waals surface area contributed by atoms with Gasteiger partial charge in [-0.1, -0.05) is 0 Å². The number of methoxy groups -OCH3 is 1. The van der Waals surface area contributed by atoms with Crippen molar-refractivity contribution in [1.29, 1.82) is 0 Å². The molecule has 0 bridgehead atoms. The quantitative estimate of drug-likeness (QED) is 0.335. The van der Waals surface area contributed by atoms with Crippen LogP contribution in [0.2, 0.25) is 0 Å². The Hall–Kier alpha value is -0.420. The molecule has 0 rings (SSSR count). The summed E-state index contributed by atoms with van der Waals surface area (Å²) in [7, 11) is 1.30. The van der Waals surface area contributed by atoms with Crippen LogP contribution in [0.3, 0.4) is 0 Å². The molecule has 0 heterocycles. The predicted molar refractivity (Wildman–Crippen MR) is 30.4 cm³/mol. The highest BCUT2D eigenvalue weighted by molar-refractivity contribution is 4.85. The molecule has 1 unspecified atom stereocenters. The normalized spacial score (nSPS) is 15.2. The average Bonchev–Trinajstić information content (AvgIpc) is 1.83. The van der Waals surface area contributed by atoms with Crippen molar-refractivity contribution in [3.8, 4) is 0 Å². The number of aliphatic hydroxyl groups excluding tert-OH is 2. The Labute approximate surface area is 53.0 Å². The fraction of sp³-hybridized carbons (Fsp3) is 0.600. The molecule has 0 amide bonds. The summed E-state index contributed by atoms with van der Waals surface area (Å²) in [5, 5.41) is 25.0. The van der Waals surface area contributed by atoms with Gasteiger partial charge in [-0.3, -0.25) is 0 Å². The van der Waals surface area contributed by atoms with E-state index in [1.165, 1.54) is 7.11 Å². The largest absolute Gasteiger partial charge is 0.365 e. The molecule has 54 valence electrons. The van der Waals surface area contributed by atoms with E-state index < -0.39 is 12.6 Å². The molecular formula is C5H10O4.